The molecule has 2 aromatic rings. The first-order chi connectivity index (χ1) is 10.2. The number of rotatable bonds is 3. The predicted octanol–water partition coefficient (Wildman–Crippen LogP) is 2.12. The number of H-pyrrole nitrogens is 1. The third kappa shape index (κ3) is 2.93. The van der Waals surface area contributed by atoms with E-state index in [2.05, 4.69) is 27.2 Å². The van der Waals surface area contributed by atoms with E-state index < -0.39 is 0 Å². The van der Waals surface area contributed by atoms with Gasteiger partial charge in [-0.2, -0.15) is 0 Å². The van der Waals surface area contributed by atoms with Crippen LogP contribution in [-0.2, 0) is 6.54 Å². The summed E-state index contributed by atoms with van der Waals surface area (Å²) in [7, 11) is 2.15. The number of aromatic nitrogens is 2. The van der Waals surface area contributed by atoms with Gasteiger partial charge in [0, 0.05) is 18.1 Å². The minimum Gasteiger partial charge on any atom is -0.311 e. The lowest BCUT2D eigenvalue weighted by atomic mass is 9.98. The van der Waals surface area contributed by atoms with Crippen molar-refractivity contribution in [1.82, 2.24) is 20.2 Å². The van der Waals surface area contributed by atoms with Crippen molar-refractivity contribution in [2.24, 2.45) is 0 Å². The molecule has 0 aliphatic carbocycles. The van der Waals surface area contributed by atoms with E-state index in [0.29, 0.717) is 24.7 Å². The van der Waals surface area contributed by atoms with Gasteiger partial charge in [-0.25, -0.2) is 4.98 Å². The number of nitrogens with one attached hydrogen (secondary N) is 2. The Morgan fingerprint density at radius 1 is 1.36 bits per heavy atom. The minimum absolute atomic E-state index is 0. The normalized spacial score (nSPS) is 27.3. The summed E-state index contributed by atoms with van der Waals surface area (Å²) < 4.78 is 0.723. The number of thiophene rings is 1. The molecule has 4 heterocycles. The Bertz CT molecular complexity index is 703. The van der Waals surface area contributed by atoms with Gasteiger partial charge in [-0.3, -0.25) is 9.69 Å². The van der Waals surface area contributed by atoms with Crippen LogP contribution in [0.25, 0.3) is 10.2 Å². The van der Waals surface area contributed by atoms with Crippen LogP contribution < -0.4 is 10.9 Å². The van der Waals surface area contributed by atoms with Crippen molar-refractivity contribution in [2.45, 2.75) is 50.4 Å². The highest BCUT2D eigenvalue weighted by Crippen LogP contribution is 2.29. The van der Waals surface area contributed by atoms with Crippen molar-refractivity contribution in [3.8, 4) is 0 Å². The molecule has 2 N–H and O–H groups in total. The first-order valence-electron chi connectivity index (χ1n) is 7.62. The molecular formula is C15H21ClN4OS. The Hall–Kier alpha value is -0.950. The fourth-order valence-corrected chi connectivity index (χ4v) is 4.47. The second-order valence-corrected chi connectivity index (χ2v) is 7.24. The van der Waals surface area contributed by atoms with Crippen LogP contribution in [0.1, 0.15) is 31.5 Å². The van der Waals surface area contributed by atoms with Gasteiger partial charge in [0.2, 0.25) is 0 Å². The molecule has 0 radical (unpaired) electrons. The standard InChI is InChI=1S/C15H20N4OS.ClH/c1-19(11-6-9-2-3-10(7-11)16-9)8-13-17-12-4-5-21-14(12)15(20)18-13;/h4-5,9-11,16H,2-3,6-8H2,1H3,(H,17,18,20);1H. The van der Waals surface area contributed by atoms with Gasteiger partial charge in [0.05, 0.1) is 12.1 Å². The second-order valence-electron chi connectivity index (χ2n) is 6.33. The molecule has 0 saturated carbocycles. The highest BCUT2D eigenvalue weighted by molar-refractivity contribution is 7.17. The second kappa shape index (κ2) is 6.28. The van der Waals surface area contributed by atoms with E-state index in [4.69, 9.17) is 0 Å². The fraction of sp³-hybridized carbons (Fsp3) is 0.600. The quantitative estimate of drug-likeness (QED) is 0.898. The van der Waals surface area contributed by atoms with Crippen LogP contribution in [0.15, 0.2) is 16.2 Å². The molecule has 22 heavy (non-hydrogen) atoms. The zero-order valence-corrected chi connectivity index (χ0v) is 14.2. The van der Waals surface area contributed by atoms with Gasteiger partial charge < -0.3 is 10.3 Å². The summed E-state index contributed by atoms with van der Waals surface area (Å²) in [6, 6.07) is 3.88. The molecule has 0 aromatic carbocycles. The average molecular weight is 341 g/mol. The van der Waals surface area contributed by atoms with Crippen molar-refractivity contribution in [1.29, 1.82) is 0 Å². The lowest BCUT2D eigenvalue weighted by Crippen LogP contribution is -2.46. The third-order valence-electron chi connectivity index (χ3n) is 4.83. The summed E-state index contributed by atoms with van der Waals surface area (Å²) in [6.45, 7) is 0.713. The SMILES string of the molecule is CN(Cc1nc2ccsc2c(=O)[nH]1)C1CC2CCC(C1)N2.Cl. The molecule has 2 bridgehead atoms. The number of halogens is 1. The van der Waals surface area contributed by atoms with E-state index in [0.717, 1.165) is 16.0 Å². The molecule has 7 heteroatoms. The van der Waals surface area contributed by atoms with Crippen molar-refractivity contribution in [3.05, 3.63) is 27.6 Å². The van der Waals surface area contributed by atoms with Crippen molar-refractivity contribution >= 4 is 34.0 Å². The van der Waals surface area contributed by atoms with Gasteiger partial charge in [0.15, 0.2) is 0 Å². The first-order valence-corrected chi connectivity index (χ1v) is 8.49. The smallest absolute Gasteiger partial charge is 0.268 e. The number of fused-ring (bicyclic) bond motifs is 3. The number of piperidine rings is 1. The van der Waals surface area contributed by atoms with Crippen LogP contribution in [0.4, 0.5) is 0 Å². The zero-order valence-electron chi connectivity index (χ0n) is 12.5. The van der Waals surface area contributed by atoms with Crippen molar-refractivity contribution in [3.63, 3.8) is 0 Å². The molecule has 5 nitrogen and oxygen atoms in total. The molecule has 2 fully saturated rings. The number of aromatic amines is 1. The van der Waals surface area contributed by atoms with Gasteiger partial charge in [-0.15, -0.1) is 23.7 Å². The van der Waals surface area contributed by atoms with Gasteiger partial charge in [0.1, 0.15) is 10.5 Å². The molecule has 2 aliphatic rings. The highest BCUT2D eigenvalue weighted by atomic mass is 35.5. The highest BCUT2D eigenvalue weighted by Gasteiger charge is 2.35. The van der Waals surface area contributed by atoms with Crippen LogP contribution in [0.3, 0.4) is 0 Å². The van der Waals surface area contributed by atoms with Crippen LogP contribution >= 0.6 is 23.7 Å². The summed E-state index contributed by atoms with van der Waals surface area (Å²) in [5.74, 6) is 0.777. The van der Waals surface area contributed by atoms with Crippen LogP contribution in [-0.4, -0.2) is 40.0 Å². The number of hydrogen-bond acceptors (Lipinski definition) is 5. The average Bonchev–Trinajstić information content (AvgIpc) is 3.05. The lowest BCUT2D eigenvalue weighted by Gasteiger charge is -2.35. The fourth-order valence-electron chi connectivity index (χ4n) is 3.75. The molecule has 4 rings (SSSR count). The van der Waals surface area contributed by atoms with E-state index in [1.807, 2.05) is 11.4 Å². The Morgan fingerprint density at radius 2 is 2.09 bits per heavy atom. The van der Waals surface area contributed by atoms with Gasteiger partial charge in [-0.1, -0.05) is 0 Å². The Kier molecular flexibility index (Phi) is 4.54. The summed E-state index contributed by atoms with van der Waals surface area (Å²) in [4.78, 5) is 21.9. The van der Waals surface area contributed by atoms with Crippen molar-refractivity contribution in [2.75, 3.05) is 7.05 Å². The summed E-state index contributed by atoms with van der Waals surface area (Å²) in [6.07, 6.45) is 5.03. The maximum atomic E-state index is 12.0. The summed E-state index contributed by atoms with van der Waals surface area (Å²) in [5.41, 5.74) is 0.807. The largest absolute Gasteiger partial charge is 0.311 e. The maximum absolute atomic E-state index is 12.0. The Balaban J connectivity index is 0.00000144. The molecule has 0 amide bonds. The summed E-state index contributed by atoms with van der Waals surface area (Å²) >= 11 is 1.45. The molecule has 2 aromatic heterocycles. The van der Waals surface area contributed by atoms with E-state index in [1.165, 1.54) is 37.0 Å². The van der Waals surface area contributed by atoms with Gasteiger partial charge >= 0.3 is 0 Å². The van der Waals surface area contributed by atoms with Gasteiger partial charge in [-0.05, 0) is 44.2 Å². The number of hydrogen-bond donors (Lipinski definition) is 2. The first kappa shape index (κ1) is 15.9. The molecular weight excluding hydrogens is 320 g/mol. The van der Waals surface area contributed by atoms with E-state index in [-0.39, 0.29) is 18.0 Å². The molecule has 120 valence electrons. The van der Waals surface area contributed by atoms with Crippen LogP contribution in [0.5, 0.6) is 0 Å². The predicted molar refractivity (Wildman–Crippen MR) is 91.9 cm³/mol. The maximum Gasteiger partial charge on any atom is 0.268 e. The monoisotopic (exact) mass is 340 g/mol. The molecule has 0 spiro atoms. The molecule has 2 saturated heterocycles. The van der Waals surface area contributed by atoms with E-state index in [1.54, 1.807) is 0 Å². The van der Waals surface area contributed by atoms with Crippen LogP contribution in [0.2, 0.25) is 0 Å². The van der Waals surface area contributed by atoms with E-state index >= 15 is 0 Å². The Labute approximate surface area is 139 Å². The zero-order chi connectivity index (χ0) is 14.4. The number of nitrogens with zero attached hydrogens (tertiary/aromatic N) is 2. The lowest BCUT2D eigenvalue weighted by molar-refractivity contribution is 0.162. The molecule has 2 atom stereocenters. The Morgan fingerprint density at radius 3 is 2.82 bits per heavy atom. The molecule has 2 unspecified atom stereocenters. The minimum atomic E-state index is -0.0104. The third-order valence-corrected chi connectivity index (χ3v) is 5.74. The van der Waals surface area contributed by atoms with Gasteiger partial charge in [0.25, 0.3) is 5.56 Å². The van der Waals surface area contributed by atoms with Crippen molar-refractivity contribution < 1.29 is 0 Å². The topological polar surface area (TPSA) is 61.0 Å². The summed E-state index contributed by atoms with van der Waals surface area (Å²) in [5, 5.41) is 5.59. The van der Waals surface area contributed by atoms with Crippen LogP contribution in [0, 0.1) is 0 Å². The van der Waals surface area contributed by atoms with E-state index in [9.17, 15) is 4.79 Å². The molecule has 2 aliphatic heterocycles.